The maximum Gasteiger partial charge on any atom is 0.261 e. The average molecular weight is 459 g/mol. The van der Waals surface area contributed by atoms with Gasteiger partial charge in [-0.05, 0) is 68.8 Å². The molecule has 160 valence electrons. The Morgan fingerprint density at radius 3 is 1.34 bits per heavy atom. The highest BCUT2D eigenvalue weighted by molar-refractivity contribution is 8.93. The van der Waals surface area contributed by atoms with Gasteiger partial charge in [-0.2, -0.15) is 0 Å². The lowest BCUT2D eigenvalue weighted by Crippen LogP contribution is -2.38. The van der Waals surface area contributed by atoms with Gasteiger partial charge in [0, 0.05) is 20.9 Å². The van der Waals surface area contributed by atoms with Gasteiger partial charge in [-0.1, -0.05) is 72.8 Å². The summed E-state index contributed by atoms with van der Waals surface area (Å²) in [6, 6.07) is 37.4. The molecule has 0 spiro atoms. The molecule has 0 aliphatic heterocycles. The maximum absolute atomic E-state index is 13.3. The van der Waals surface area contributed by atoms with Crippen molar-refractivity contribution in [3.63, 3.8) is 0 Å². The van der Waals surface area contributed by atoms with Gasteiger partial charge in [0.05, 0.1) is 0 Å². The Hall–Kier alpha value is -3.48. The molecule has 2 amide bonds. The van der Waals surface area contributed by atoms with E-state index in [1.54, 1.807) is 24.3 Å². The van der Waals surface area contributed by atoms with Crippen LogP contribution in [-0.2, 0) is 0 Å². The Bertz CT molecular complexity index is 1120. The van der Waals surface area contributed by atoms with Gasteiger partial charge < -0.3 is 0 Å². The molecule has 0 aromatic heterocycles. The van der Waals surface area contributed by atoms with Crippen LogP contribution in [0, 0.1) is 0 Å². The Kier molecular flexibility index (Phi) is 6.94. The smallest absolute Gasteiger partial charge is 0.261 e. The van der Waals surface area contributed by atoms with E-state index in [-0.39, 0.29) is 11.8 Å². The summed E-state index contributed by atoms with van der Waals surface area (Å²) < 4.78 is 6.38. The molecule has 4 aromatic carbocycles. The van der Waals surface area contributed by atoms with Crippen molar-refractivity contribution in [1.29, 1.82) is 0 Å². The molecule has 0 saturated heterocycles. The van der Waals surface area contributed by atoms with E-state index in [1.165, 1.54) is 10.8 Å². The van der Waals surface area contributed by atoms with Crippen LogP contribution in [-0.4, -0.2) is 11.8 Å². The predicted molar refractivity (Wildman–Crippen MR) is 132 cm³/mol. The highest BCUT2D eigenvalue weighted by atomic mass is 33.2. The van der Waals surface area contributed by atoms with Crippen molar-refractivity contribution in [3.05, 3.63) is 132 Å². The number of carbonyl (C=O) groups is 2. The molecular weight excluding hydrogens is 436 g/mol. The second-order valence-electron chi connectivity index (χ2n) is 6.86. The average Bonchev–Trinajstić information content (AvgIpc) is 2.86. The summed E-state index contributed by atoms with van der Waals surface area (Å²) in [5.41, 5.74) is 1.06. The summed E-state index contributed by atoms with van der Waals surface area (Å²) in [7, 11) is -0.951. The lowest BCUT2D eigenvalue weighted by molar-refractivity contribution is 0.0980. The van der Waals surface area contributed by atoms with Gasteiger partial charge in [0.25, 0.3) is 11.8 Å². The number of hydrogen-bond donors (Lipinski definition) is 2. The molecule has 2 N–H and O–H groups in total. The molecule has 0 atom stereocenters. The first-order valence-electron chi connectivity index (χ1n) is 10.0. The fourth-order valence-corrected chi connectivity index (χ4v) is 7.87. The quantitative estimate of drug-likeness (QED) is 0.322. The molecule has 0 unspecified atom stereocenters. The third-order valence-corrected chi connectivity index (χ3v) is 9.59. The van der Waals surface area contributed by atoms with E-state index in [1.807, 2.05) is 97.1 Å². The third kappa shape index (κ3) is 5.22. The van der Waals surface area contributed by atoms with Crippen molar-refractivity contribution < 1.29 is 9.59 Å². The second kappa shape index (κ2) is 10.2. The van der Waals surface area contributed by atoms with Gasteiger partial charge in [-0.25, -0.2) is 0 Å². The van der Waals surface area contributed by atoms with Crippen LogP contribution in [0.2, 0.25) is 0 Å². The molecule has 32 heavy (non-hydrogen) atoms. The maximum atomic E-state index is 13.3. The zero-order valence-corrected chi connectivity index (χ0v) is 18.8. The van der Waals surface area contributed by atoms with Crippen LogP contribution >= 0.6 is 20.2 Å². The molecule has 6 heteroatoms. The number of hydrogen-bond acceptors (Lipinski definition) is 3. The fourth-order valence-electron chi connectivity index (χ4n) is 3.02. The van der Waals surface area contributed by atoms with E-state index in [0.717, 1.165) is 9.79 Å². The number of nitrogens with one attached hydrogen (secondary N) is 2. The Morgan fingerprint density at radius 1 is 0.531 bits per heavy atom. The molecule has 0 saturated carbocycles. The Balaban J connectivity index is 1.79. The van der Waals surface area contributed by atoms with E-state index >= 15 is 0 Å². The van der Waals surface area contributed by atoms with Crippen molar-refractivity contribution in [2.45, 2.75) is 9.79 Å². The summed E-state index contributed by atoms with van der Waals surface area (Å²) in [6.45, 7) is 0. The zero-order valence-electron chi connectivity index (χ0n) is 17.2. The number of amides is 2. The number of rotatable bonds is 7. The molecule has 0 bridgehead atoms. The van der Waals surface area contributed by atoms with E-state index in [0.29, 0.717) is 11.1 Å². The number of benzene rings is 4. The molecule has 0 aliphatic rings. The summed E-state index contributed by atoms with van der Waals surface area (Å²) in [5.74, 6) is -0.498. The lowest BCUT2D eigenvalue weighted by atomic mass is 10.2. The molecule has 4 rings (SSSR count). The van der Waals surface area contributed by atoms with Gasteiger partial charge >= 0.3 is 0 Å². The summed E-state index contributed by atoms with van der Waals surface area (Å²) >= 11 is 0. The highest BCUT2D eigenvalue weighted by Crippen LogP contribution is 2.62. The molecule has 0 aliphatic carbocycles. The molecule has 0 radical (unpaired) electrons. The van der Waals surface area contributed by atoms with Crippen molar-refractivity contribution in [3.8, 4) is 0 Å². The molecule has 0 fully saturated rings. The van der Waals surface area contributed by atoms with E-state index in [4.69, 9.17) is 0 Å². The van der Waals surface area contributed by atoms with E-state index < -0.39 is 9.43 Å². The highest BCUT2D eigenvalue weighted by Gasteiger charge is 2.33. The SMILES string of the molecule is O=C(NS(NC(=O)c1ccccc1)(Sc1ccccc1)c1ccccc1)c1ccccc1. The summed E-state index contributed by atoms with van der Waals surface area (Å²) in [5, 5.41) is 0. The van der Waals surface area contributed by atoms with Gasteiger partial charge in [0.1, 0.15) is 0 Å². The van der Waals surface area contributed by atoms with Gasteiger partial charge in [0.2, 0.25) is 0 Å². The van der Waals surface area contributed by atoms with Crippen molar-refractivity contribution in [1.82, 2.24) is 9.44 Å². The van der Waals surface area contributed by atoms with Gasteiger partial charge in [-0.3, -0.25) is 19.0 Å². The number of carbonyl (C=O) groups excluding carboxylic acids is 2. The Labute approximate surface area is 193 Å². The first-order chi connectivity index (χ1) is 15.7. The predicted octanol–water partition coefficient (Wildman–Crippen LogP) is 6.25. The minimum absolute atomic E-state index is 0.249. The van der Waals surface area contributed by atoms with Crippen LogP contribution in [0.15, 0.2) is 131 Å². The monoisotopic (exact) mass is 458 g/mol. The standard InChI is InChI=1S/C26H22N2O2S2/c29-25(21-13-5-1-6-14-21)27-32(24-19-11-4-12-20-24,31-23-17-9-3-10-18-23)28-26(30)22-15-7-2-8-16-22/h1-20H,(H,27,29)(H,28,30). The first kappa shape index (κ1) is 21.7. The van der Waals surface area contributed by atoms with Crippen LogP contribution in [0.25, 0.3) is 0 Å². The van der Waals surface area contributed by atoms with Gasteiger partial charge in [-0.15, -0.1) is 0 Å². The van der Waals surface area contributed by atoms with Crippen molar-refractivity contribution in [2.75, 3.05) is 0 Å². The molecule has 0 heterocycles. The summed E-state index contributed by atoms with van der Waals surface area (Å²) in [6.07, 6.45) is 0. The van der Waals surface area contributed by atoms with E-state index in [2.05, 4.69) is 9.44 Å². The van der Waals surface area contributed by atoms with E-state index in [9.17, 15) is 9.59 Å². The lowest BCUT2D eigenvalue weighted by Gasteiger charge is -2.40. The minimum atomic E-state index is -2.41. The van der Waals surface area contributed by atoms with Crippen molar-refractivity contribution >= 4 is 32.0 Å². The van der Waals surface area contributed by atoms with Crippen LogP contribution in [0.3, 0.4) is 0 Å². The normalized spacial score (nSPS) is 11.4. The topological polar surface area (TPSA) is 58.2 Å². The molecule has 4 aromatic rings. The minimum Gasteiger partial charge on any atom is -0.286 e. The zero-order chi connectivity index (χ0) is 22.2. The van der Waals surface area contributed by atoms with Crippen LogP contribution in [0.5, 0.6) is 0 Å². The Morgan fingerprint density at radius 2 is 0.906 bits per heavy atom. The second-order valence-corrected chi connectivity index (χ2v) is 11.5. The van der Waals surface area contributed by atoms with Crippen LogP contribution < -0.4 is 9.44 Å². The molecular formula is C26H22N2O2S2. The molecule has 4 nitrogen and oxygen atoms in total. The van der Waals surface area contributed by atoms with Crippen LogP contribution in [0.1, 0.15) is 20.7 Å². The summed E-state index contributed by atoms with van der Waals surface area (Å²) in [4.78, 5) is 28.3. The fraction of sp³-hybridized carbons (Fsp3) is 0. The largest absolute Gasteiger partial charge is 0.286 e. The third-order valence-electron chi connectivity index (χ3n) is 4.58. The van der Waals surface area contributed by atoms with Gasteiger partial charge in [0.15, 0.2) is 0 Å². The first-order valence-corrected chi connectivity index (χ1v) is 13.0. The van der Waals surface area contributed by atoms with Crippen molar-refractivity contribution in [2.24, 2.45) is 0 Å². The van der Waals surface area contributed by atoms with Crippen LogP contribution in [0.4, 0.5) is 0 Å².